The van der Waals surface area contributed by atoms with E-state index in [1.165, 1.54) is 19.3 Å². The molecule has 4 atom stereocenters. The number of carbonyl (C=O) groups excluding carboxylic acids is 1. The molecular formula is C15H30N2O. The van der Waals surface area contributed by atoms with Crippen molar-refractivity contribution in [2.45, 2.75) is 66.0 Å². The second-order valence-corrected chi connectivity index (χ2v) is 6.24. The minimum Gasteiger partial charge on any atom is -0.354 e. The molecular weight excluding hydrogens is 224 g/mol. The van der Waals surface area contributed by atoms with E-state index in [2.05, 4.69) is 38.3 Å². The van der Waals surface area contributed by atoms with E-state index in [0.29, 0.717) is 17.9 Å². The second kappa shape index (κ2) is 7.13. The Morgan fingerprint density at radius 3 is 2.44 bits per heavy atom. The van der Waals surface area contributed by atoms with Gasteiger partial charge in [-0.3, -0.25) is 4.79 Å². The molecule has 0 spiro atoms. The minimum absolute atomic E-state index is 0.0770. The summed E-state index contributed by atoms with van der Waals surface area (Å²) in [5.74, 6) is 2.16. The summed E-state index contributed by atoms with van der Waals surface area (Å²) in [6.45, 7) is 11.6. The Balaban J connectivity index is 2.36. The molecule has 3 nitrogen and oxygen atoms in total. The van der Waals surface area contributed by atoms with Crippen LogP contribution in [0.25, 0.3) is 0 Å². The molecule has 1 aliphatic rings. The van der Waals surface area contributed by atoms with Gasteiger partial charge in [-0.2, -0.15) is 0 Å². The summed E-state index contributed by atoms with van der Waals surface area (Å²) in [5.41, 5.74) is 0. The molecule has 106 valence electrons. The van der Waals surface area contributed by atoms with Crippen molar-refractivity contribution in [2.24, 2.45) is 17.8 Å². The van der Waals surface area contributed by atoms with Crippen LogP contribution in [0.4, 0.5) is 0 Å². The molecule has 0 radical (unpaired) electrons. The van der Waals surface area contributed by atoms with Crippen LogP contribution in [0.3, 0.4) is 0 Å². The topological polar surface area (TPSA) is 41.1 Å². The number of rotatable bonds is 6. The van der Waals surface area contributed by atoms with Crippen LogP contribution in [0.5, 0.6) is 0 Å². The average Bonchev–Trinajstić information content (AvgIpc) is 2.67. The summed E-state index contributed by atoms with van der Waals surface area (Å²) in [7, 11) is 0. The summed E-state index contributed by atoms with van der Waals surface area (Å²) in [4.78, 5) is 11.9. The molecule has 1 fully saturated rings. The van der Waals surface area contributed by atoms with Gasteiger partial charge >= 0.3 is 0 Å². The Labute approximate surface area is 112 Å². The molecule has 0 aromatic carbocycles. The number of hydrogen-bond donors (Lipinski definition) is 2. The van der Waals surface area contributed by atoms with Gasteiger partial charge in [-0.25, -0.2) is 0 Å². The van der Waals surface area contributed by atoms with Gasteiger partial charge in [0, 0.05) is 12.6 Å². The van der Waals surface area contributed by atoms with Gasteiger partial charge in [-0.1, -0.05) is 34.1 Å². The van der Waals surface area contributed by atoms with E-state index >= 15 is 0 Å². The molecule has 0 heterocycles. The number of hydrogen-bond acceptors (Lipinski definition) is 2. The molecule has 3 heteroatoms. The second-order valence-electron chi connectivity index (χ2n) is 6.24. The van der Waals surface area contributed by atoms with Crippen molar-refractivity contribution in [2.75, 3.05) is 6.54 Å². The fourth-order valence-corrected chi connectivity index (χ4v) is 2.91. The third kappa shape index (κ3) is 4.27. The maximum absolute atomic E-state index is 11.9. The van der Waals surface area contributed by atoms with Crippen LogP contribution < -0.4 is 10.6 Å². The fraction of sp³-hybridized carbons (Fsp3) is 0.933. The van der Waals surface area contributed by atoms with E-state index in [0.717, 1.165) is 12.5 Å². The third-order valence-corrected chi connectivity index (χ3v) is 4.29. The average molecular weight is 254 g/mol. The van der Waals surface area contributed by atoms with Crippen LogP contribution in [0, 0.1) is 17.8 Å². The molecule has 0 saturated heterocycles. The van der Waals surface area contributed by atoms with E-state index < -0.39 is 0 Å². The Kier molecular flexibility index (Phi) is 6.13. The van der Waals surface area contributed by atoms with Crippen LogP contribution in [0.1, 0.15) is 53.9 Å². The highest BCUT2D eigenvalue weighted by atomic mass is 16.2. The molecule has 1 amide bonds. The van der Waals surface area contributed by atoms with Crippen molar-refractivity contribution in [3.05, 3.63) is 0 Å². The van der Waals surface area contributed by atoms with Gasteiger partial charge in [0.2, 0.25) is 5.91 Å². The van der Waals surface area contributed by atoms with Crippen LogP contribution in [-0.4, -0.2) is 24.5 Å². The highest BCUT2D eigenvalue weighted by molar-refractivity contribution is 5.81. The van der Waals surface area contributed by atoms with E-state index in [1.54, 1.807) is 0 Å². The fourth-order valence-electron chi connectivity index (χ4n) is 2.91. The van der Waals surface area contributed by atoms with Gasteiger partial charge < -0.3 is 10.6 Å². The van der Waals surface area contributed by atoms with Crippen molar-refractivity contribution in [1.29, 1.82) is 0 Å². The molecule has 1 aliphatic carbocycles. The van der Waals surface area contributed by atoms with Gasteiger partial charge in [0.05, 0.1) is 6.04 Å². The molecule has 4 unspecified atom stereocenters. The summed E-state index contributed by atoms with van der Waals surface area (Å²) < 4.78 is 0. The standard InChI is InChI=1S/C15H30N2O/c1-6-13-7-8-14(11(13)4)17-12(5)15(18)16-9-10(2)3/h10-14,17H,6-9H2,1-5H3,(H,16,18). The Hall–Kier alpha value is -0.570. The predicted molar refractivity (Wildman–Crippen MR) is 76.4 cm³/mol. The first-order chi connectivity index (χ1) is 8.45. The maximum Gasteiger partial charge on any atom is 0.236 e. The quantitative estimate of drug-likeness (QED) is 0.765. The smallest absolute Gasteiger partial charge is 0.236 e. The van der Waals surface area contributed by atoms with E-state index in [1.807, 2.05) is 6.92 Å². The molecule has 2 N–H and O–H groups in total. The Morgan fingerprint density at radius 1 is 1.28 bits per heavy atom. The largest absolute Gasteiger partial charge is 0.354 e. The van der Waals surface area contributed by atoms with Gasteiger partial charge in [-0.15, -0.1) is 0 Å². The minimum atomic E-state index is -0.0770. The first-order valence-corrected chi connectivity index (χ1v) is 7.49. The lowest BCUT2D eigenvalue weighted by atomic mass is 9.93. The van der Waals surface area contributed by atoms with Gasteiger partial charge in [0.1, 0.15) is 0 Å². The molecule has 18 heavy (non-hydrogen) atoms. The van der Waals surface area contributed by atoms with E-state index in [-0.39, 0.29) is 11.9 Å². The van der Waals surface area contributed by atoms with Crippen LogP contribution in [0.2, 0.25) is 0 Å². The first-order valence-electron chi connectivity index (χ1n) is 7.49. The van der Waals surface area contributed by atoms with Gasteiger partial charge in [0.25, 0.3) is 0 Å². The Morgan fingerprint density at radius 2 is 1.94 bits per heavy atom. The number of nitrogens with one attached hydrogen (secondary N) is 2. The van der Waals surface area contributed by atoms with Crippen molar-refractivity contribution in [1.82, 2.24) is 10.6 Å². The van der Waals surface area contributed by atoms with Crippen LogP contribution in [-0.2, 0) is 4.79 Å². The molecule has 1 saturated carbocycles. The number of carbonyl (C=O) groups is 1. The van der Waals surface area contributed by atoms with Crippen molar-refractivity contribution >= 4 is 5.91 Å². The monoisotopic (exact) mass is 254 g/mol. The Bertz CT molecular complexity index is 265. The summed E-state index contributed by atoms with van der Waals surface area (Å²) >= 11 is 0. The molecule has 0 aromatic rings. The predicted octanol–water partition coefficient (Wildman–Crippen LogP) is 2.56. The van der Waals surface area contributed by atoms with Crippen molar-refractivity contribution in [3.8, 4) is 0 Å². The highest BCUT2D eigenvalue weighted by Crippen LogP contribution is 2.33. The molecule has 1 rings (SSSR count). The van der Waals surface area contributed by atoms with Crippen LogP contribution in [0.15, 0.2) is 0 Å². The maximum atomic E-state index is 11.9. The van der Waals surface area contributed by atoms with Crippen LogP contribution >= 0.6 is 0 Å². The number of amides is 1. The zero-order valence-corrected chi connectivity index (χ0v) is 12.6. The SMILES string of the molecule is CCC1CCC(NC(C)C(=O)NCC(C)C)C1C. The normalized spacial score (nSPS) is 29.6. The summed E-state index contributed by atoms with van der Waals surface area (Å²) in [5, 5.41) is 6.50. The van der Waals surface area contributed by atoms with Gasteiger partial charge in [-0.05, 0) is 37.5 Å². The van der Waals surface area contributed by atoms with Crippen molar-refractivity contribution < 1.29 is 4.79 Å². The highest BCUT2D eigenvalue weighted by Gasteiger charge is 2.32. The first kappa shape index (κ1) is 15.5. The summed E-state index contributed by atoms with van der Waals surface area (Å²) in [6, 6.07) is 0.432. The zero-order chi connectivity index (χ0) is 13.7. The third-order valence-electron chi connectivity index (χ3n) is 4.29. The lowest BCUT2D eigenvalue weighted by Gasteiger charge is -2.24. The van der Waals surface area contributed by atoms with E-state index in [9.17, 15) is 4.79 Å². The molecule has 0 bridgehead atoms. The van der Waals surface area contributed by atoms with Crippen molar-refractivity contribution in [3.63, 3.8) is 0 Å². The van der Waals surface area contributed by atoms with Gasteiger partial charge in [0.15, 0.2) is 0 Å². The summed E-state index contributed by atoms with van der Waals surface area (Å²) in [6.07, 6.45) is 3.77. The lowest BCUT2D eigenvalue weighted by Crippen LogP contribution is -2.48. The zero-order valence-electron chi connectivity index (χ0n) is 12.6. The molecule has 0 aliphatic heterocycles. The van der Waals surface area contributed by atoms with E-state index in [4.69, 9.17) is 0 Å². The molecule has 0 aromatic heterocycles. The lowest BCUT2D eigenvalue weighted by molar-refractivity contribution is -0.123.